The van der Waals surface area contributed by atoms with Gasteiger partial charge in [-0.15, -0.1) is 23.2 Å². The Hall–Kier alpha value is 0.500. The maximum Gasteiger partial charge on any atom is 0.0701 e. The van der Waals surface area contributed by atoms with Gasteiger partial charge in [0.2, 0.25) is 0 Å². The first-order valence-corrected chi connectivity index (χ1v) is 11.0. The normalized spacial score (nSPS) is 14.0. The van der Waals surface area contributed by atoms with Crippen molar-refractivity contribution in [1.29, 1.82) is 0 Å². The van der Waals surface area contributed by atoms with E-state index in [-0.39, 0.29) is 10.8 Å². The second kappa shape index (κ2) is 19.8. The molecule has 0 aromatic rings. The average Bonchev–Trinajstić information content (AvgIpc) is 2.57. The maximum atomic E-state index is 6.26. The van der Waals surface area contributed by atoms with Gasteiger partial charge in [-0.05, 0) is 12.8 Å². The third-order valence-corrected chi connectivity index (χ3v) is 4.90. The molecule has 0 aliphatic heterocycles. The number of alkyl halides is 2. The Labute approximate surface area is 161 Å². The summed E-state index contributed by atoms with van der Waals surface area (Å²) in [6.45, 7) is 6.94. The lowest BCUT2D eigenvalue weighted by Gasteiger charge is -2.12. The van der Waals surface area contributed by atoms with Gasteiger partial charge in [-0.1, -0.05) is 78.1 Å². The topological polar surface area (TPSA) is 18.5 Å². The zero-order chi connectivity index (χ0) is 17.9. The van der Waals surface area contributed by atoms with E-state index in [9.17, 15) is 0 Å². The third kappa shape index (κ3) is 18.8. The Kier molecular flexibility index (Phi) is 20.2. The Morgan fingerprint density at radius 2 is 0.958 bits per heavy atom. The SMILES string of the molecule is CCCCCCCC(Cl)COCCOCC(Cl)CCCCCCC. The summed E-state index contributed by atoms with van der Waals surface area (Å²) in [5.74, 6) is 0. The van der Waals surface area contributed by atoms with Gasteiger partial charge >= 0.3 is 0 Å². The van der Waals surface area contributed by atoms with Gasteiger partial charge < -0.3 is 9.47 Å². The van der Waals surface area contributed by atoms with Crippen LogP contribution in [0.1, 0.15) is 90.9 Å². The van der Waals surface area contributed by atoms with E-state index in [0.717, 1.165) is 12.8 Å². The van der Waals surface area contributed by atoms with Gasteiger partial charge in [-0.2, -0.15) is 0 Å². The molecule has 0 bridgehead atoms. The summed E-state index contributed by atoms with van der Waals surface area (Å²) < 4.78 is 11.2. The third-order valence-electron chi connectivity index (χ3n) is 4.21. The zero-order valence-corrected chi connectivity index (χ0v) is 17.6. The molecule has 4 heteroatoms. The van der Waals surface area contributed by atoms with E-state index in [2.05, 4.69) is 13.8 Å². The molecule has 2 unspecified atom stereocenters. The van der Waals surface area contributed by atoms with Crippen LogP contribution in [0.3, 0.4) is 0 Å². The van der Waals surface area contributed by atoms with Gasteiger partial charge in [0, 0.05) is 0 Å². The number of rotatable bonds is 19. The minimum absolute atomic E-state index is 0.135. The van der Waals surface area contributed by atoms with Crippen LogP contribution in [0.4, 0.5) is 0 Å². The molecule has 24 heavy (non-hydrogen) atoms. The van der Waals surface area contributed by atoms with Gasteiger partial charge in [0.05, 0.1) is 37.2 Å². The first-order chi connectivity index (χ1) is 11.7. The highest BCUT2D eigenvalue weighted by atomic mass is 35.5. The Balaban J connectivity index is 3.25. The molecule has 2 atom stereocenters. The highest BCUT2D eigenvalue weighted by molar-refractivity contribution is 6.20. The minimum Gasteiger partial charge on any atom is -0.378 e. The standard InChI is InChI=1S/C20H40Cl2O2/c1-3-5-7-9-11-13-19(21)17-23-15-16-24-18-20(22)14-12-10-8-6-4-2/h19-20H,3-18H2,1-2H3. The summed E-state index contributed by atoms with van der Waals surface area (Å²) in [5.41, 5.74) is 0. The van der Waals surface area contributed by atoms with Crippen molar-refractivity contribution in [3.05, 3.63) is 0 Å². The van der Waals surface area contributed by atoms with Crippen LogP contribution < -0.4 is 0 Å². The molecular weight excluding hydrogens is 343 g/mol. The van der Waals surface area contributed by atoms with Crippen LogP contribution in [0, 0.1) is 0 Å². The number of ether oxygens (including phenoxy) is 2. The quantitative estimate of drug-likeness (QED) is 0.177. The van der Waals surface area contributed by atoms with Crippen LogP contribution >= 0.6 is 23.2 Å². The van der Waals surface area contributed by atoms with E-state index in [1.807, 2.05) is 0 Å². The molecule has 146 valence electrons. The van der Waals surface area contributed by atoms with Crippen molar-refractivity contribution >= 4 is 23.2 Å². The molecule has 2 nitrogen and oxygen atoms in total. The molecule has 0 saturated heterocycles. The van der Waals surface area contributed by atoms with E-state index >= 15 is 0 Å². The summed E-state index contributed by atoms with van der Waals surface area (Å²) in [6.07, 6.45) is 15.0. The highest BCUT2D eigenvalue weighted by Crippen LogP contribution is 2.12. The summed E-state index contributed by atoms with van der Waals surface area (Å²) in [7, 11) is 0. The lowest BCUT2D eigenvalue weighted by molar-refractivity contribution is 0.0467. The fraction of sp³-hybridized carbons (Fsp3) is 1.00. The van der Waals surface area contributed by atoms with E-state index in [1.165, 1.54) is 64.2 Å². The second-order valence-corrected chi connectivity index (χ2v) is 7.98. The first kappa shape index (κ1) is 24.5. The van der Waals surface area contributed by atoms with E-state index in [0.29, 0.717) is 26.4 Å². The number of halogens is 2. The minimum atomic E-state index is 0.135. The molecule has 0 spiro atoms. The number of hydrogen-bond donors (Lipinski definition) is 0. The predicted molar refractivity (Wildman–Crippen MR) is 108 cm³/mol. The van der Waals surface area contributed by atoms with Crippen molar-refractivity contribution in [2.24, 2.45) is 0 Å². The molecule has 0 N–H and O–H groups in total. The van der Waals surface area contributed by atoms with Gasteiger partial charge in [0.1, 0.15) is 0 Å². The fourth-order valence-electron chi connectivity index (χ4n) is 2.65. The number of hydrogen-bond acceptors (Lipinski definition) is 2. The lowest BCUT2D eigenvalue weighted by atomic mass is 10.1. The van der Waals surface area contributed by atoms with Crippen LogP contribution in [-0.4, -0.2) is 37.2 Å². The highest BCUT2D eigenvalue weighted by Gasteiger charge is 2.06. The maximum absolute atomic E-state index is 6.26. The predicted octanol–water partition coefficient (Wildman–Crippen LogP) is 6.96. The van der Waals surface area contributed by atoms with Crippen LogP contribution in [0.25, 0.3) is 0 Å². The molecule has 0 rings (SSSR count). The lowest BCUT2D eigenvalue weighted by Crippen LogP contribution is -2.15. The van der Waals surface area contributed by atoms with Crippen molar-refractivity contribution in [3.63, 3.8) is 0 Å². The summed E-state index contributed by atoms with van der Waals surface area (Å²) in [5, 5.41) is 0.269. The van der Waals surface area contributed by atoms with E-state index in [4.69, 9.17) is 32.7 Å². The van der Waals surface area contributed by atoms with Crippen LogP contribution in [0.5, 0.6) is 0 Å². The summed E-state index contributed by atoms with van der Waals surface area (Å²) >= 11 is 12.5. The van der Waals surface area contributed by atoms with Gasteiger partial charge in [0.15, 0.2) is 0 Å². The smallest absolute Gasteiger partial charge is 0.0701 e. The van der Waals surface area contributed by atoms with E-state index in [1.54, 1.807) is 0 Å². The molecule has 0 radical (unpaired) electrons. The summed E-state index contributed by atoms with van der Waals surface area (Å²) in [6, 6.07) is 0. The second-order valence-electron chi connectivity index (χ2n) is 6.75. The molecule has 0 amide bonds. The largest absolute Gasteiger partial charge is 0.378 e. The van der Waals surface area contributed by atoms with Gasteiger partial charge in [-0.25, -0.2) is 0 Å². The molecule has 0 saturated carbocycles. The molecular formula is C20H40Cl2O2. The Morgan fingerprint density at radius 1 is 0.583 bits per heavy atom. The van der Waals surface area contributed by atoms with Crippen molar-refractivity contribution in [3.8, 4) is 0 Å². The van der Waals surface area contributed by atoms with Crippen molar-refractivity contribution < 1.29 is 9.47 Å². The molecule has 0 heterocycles. The Morgan fingerprint density at radius 3 is 1.33 bits per heavy atom. The Bertz CT molecular complexity index is 216. The van der Waals surface area contributed by atoms with Crippen molar-refractivity contribution in [2.45, 2.75) is 102 Å². The van der Waals surface area contributed by atoms with Crippen LogP contribution in [0.2, 0.25) is 0 Å². The monoisotopic (exact) mass is 382 g/mol. The fourth-order valence-corrected chi connectivity index (χ4v) is 3.13. The average molecular weight is 383 g/mol. The summed E-state index contributed by atoms with van der Waals surface area (Å²) in [4.78, 5) is 0. The molecule has 0 aliphatic rings. The van der Waals surface area contributed by atoms with Gasteiger partial charge in [0.25, 0.3) is 0 Å². The molecule has 0 aromatic carbocycles. The zero-order valence-electron chi connectivity index (χ0n) is 16.0. The van der Waals surface area contributed by atoms with Crippen molar-refractivity contribution in [2.75, 3.05) is 26.4 Å². The molecule has 0 fully saturated rings. The number of unbranched alkanes of at least 4 members (excludes halogenated alkanes) is 8. The molecule has 0 aliphatic carbocycles. The van der Waals surface area contributed by atoms with Crippen LogP contribution in [0.15, 0.2) is 0 Å². The van der Waals surface area contributed by atoms with Gasteiger partial charge in [-0.3, -0.25) is 0 Å². The van der Waals surface area contributed by atoms with E-state index < -0.39 is 0 Å². The first-order valence-electron chi connectivity index (χ1n) is 10.1. The molecule has 0 aromatic heterocycles. The van der Waals surface area contributed by atoms with Crippen molar-refractivity contribution in [1.82, 2.24) is 0 Å². The van der Waals surface area contributed by atoms with Crippen LogP contribution in [-0.2, 0) is 9.47 Å².